The van der Waals surface area contributed by atoms with Gasteiger partial charge in [-0.3, -0.25) is 38.9 Å². The predicted molar refractivity (Wildman–Crippen MR) is 190 cm³/mol. The second-order valence-corrected chi connectivity index (χ2v) is 13.6. The number of unbranched alkanes of at least 4 members (excludes halogenated alkanes) is 15. The molecule has 1 aliphatic heterocycles. The lowest BCUT2D eigenvalue weighted by Crippen LogP contribution is -2.50. The smallest absolute Gasteiger partial charge is 0.321 e. The van der Waals surface area contributed by atoms with Crippen LogP contribution in [-0.4, -0.2) is 111 Å². The quantitative estimate of drug-likeness (QED) is 0.0974. The monoisotopic (exact) mass is 689 g/mol. The zero-order chi connectivity index (χ0) is 35.7. The molecule has 1 amide bonds. The number of amides is 1. The highest BCUT2D eigenvalue weighted by Crippen LogP contribution is 2.15. The van der Waals surface area contributed by atoms with Gasteiger partial charge in [0.05, 0.1) is 30.9 Å². The molecule has 0 aliphatic carbocycles. The molecule has 0 radical (unpaired) electrons. The lowest BCUT2D eigenvalue weighted by atomic mass is 10.0. The Morgan fingerprint density at radius 2 is 1.10 bits per heavy atom. The van der Waals surface area contributed by atoms with Crippen LogP contribution in [0.3, 0.4) is 0 Å². The van der Waals surface area contributed by atoms with E-state index in [4.69, 9.17) is 0 Å². The van der Waals surface area contributed by atoms with Gasteiger partial charge in [0.25, 0.3) is 0 Å². The van der Waals surface area contributed by atoms with Crippen LogP contribution in [0, 0.1) is 0 Å². The van der Waals surface area contributed by atoms with Crippen LogP contribution < -0.4 is 5.32 Å². The van der Waals surface area contributed by atoms with Crippen molar-refractivity contribution in [2.24, 2.45) is 0 Å². The largest absolute Gasteiger partial charge is 0.480 e. The SMILES string of the molecule is CCCCCCCCCCCCCCCCCCNC(=O)CC(C(=O)O)N1CCN(CC(=O)O)Cc2cccc(n2)CN(CC(=O)O)CC1. The molecule has 2 heterocycles. The molecule has 49 heavy (non-hydrogen) atoms. The third-order valence-electron chi connectivity index (χ3n) is 9.22. The van der Waals surface area contributed by atoms with E-state index in [1.54, 1.807) is 26.8 Å². The Balaban J connectivity index is 1.77. The Kier molecular flexibility index (Phi) is 22.2. The van der Waals surface area contributed by atoms with Gasteiger partial charge in [0.1, 0.15) is 6.04 Å². The molecule has 4 N–H and O–H groups in total. The third kappa shape index (κ3) is 20.2. The number of nitrogens with one attached hydrogen (secondary N) is 1. The number of carbonyl (C=O) groups excluding carboxylic acids is 1. The van der Waals surface area contributed by atoms with Gasteiger partial charge in [0.2, 0.25) is 5.91 Å². The second kappa shape index (κ2) is 25.8. The number of rotatable bonds is 25. The van der Waals surface area contributed by atoms with E-state index < -0.39 is 23.9 Å². The maximum Gasteiger partial charge on any atom is 0.321 e. The Hall–Kier alpha value is -3.09. The number of aliphatic carboxylic acids is 3. The minimum absolute atomic E-state index is 0.192. The molecule has 0 saturated heterocycles. The first-order valence-electron chi connectivity index (χ1n) is 18.7. The standard InChI is InChI=1S/C37H63N5O7/c1-2-3-4-5-6-7-8-9-10-11-12-13-14-15-16-17-21-38-34(43)26-33(37(48)49)42-24-22-40(29-35(44)45)27-31-19-18-20-32(39-31)28-41(23-25-42)30-36(46)47/h18-20,33H,2-17,21-30H2,1H3,(H,38,43)(H,44,45)(H,46,47)(H,48,49). The lowest BCUT2D eigenvalue weighted by molar-refractivity contribution is -0.146. The molecule has 0 aromatic carbocycles. The van der Waals surface area contributed by atoms with Crippen molar-refractivity contribution in [2.45, 2.75) is 135 Å². The number of pyridine rings is 1. The van der Waals surface area contributed by atoms with Crippen molar-refractivity contribution < 1.29 is 34.5 Å². The second-order valence-electron chi connectivity index (χ2n) is 13.6. The Morgan fingerprint density at radius 1 is 0.673 bits per heavy atom. The maximum absolute atomic E-state index is 12.9. The van der Waals surface area contributed by atoms with Crippen molar-refractivity contribution in [2.75, 3.05) is 45.8 Å². The number of hydrogen-bond donors (Lipinski definition) is 4. The van der Waals surface area contributed by atoms with Gasteiger partial charge in [0.15, 0.2) is 0 Å². The van der Waals surface area contributed by atoms with Crippen LogP contribution in [0.4, 0.5) is 0 Å². The minimum Gasteiger partial charge on any atom is -0.480 e. The summed E-state index contributed by atoms with van der Waals surface area (Å²) in [5.74, 6) is -3.51. The van der Waals surface area contributed by atoms with Gasteiger partial charge < -0.3 is 20.6 Å². The summed E-state index contributed by atoms with van der Waals surface area (Å²) in [6.07, 6.45) is 20.0. The van der Waals surface area contributed by atoms with Crippen molar-refractivity contribution in [3.8, 4) is 0 Å². The molecule has 1 unspecified atom stereocenters. The molecule has 1 atom stereocenters. The first-order chi connectivity index (χ1) is 23.7. The summed E-state index contributed by atoms with van der Waals surface area (Å²) in [6.45, 7) is 3.59. The van der Waals surface area contributed by atoms with E-state index in [1.165, 1.54) is 83.5 Å². The fraction of sp³-hybridized carbons (Fsp3) is 0.757. The van der Waals surface area contributed by atoms with Gasteiger partial charge in [-0.2, -0.15) is 0 Å². The molecular weight excluding hydrogens is 626 g/mol. The fourth-order valence-electron chi connectivity index (χ4n) is 6.46. The van der Waals surface area contributed by atoms with Crippen molar-refractivity contribution in [3.05, 3.63) is 29.6 Å². The number of fused-ring (bicyclic) bond motifs is 2. The summed E-state index contributed by atoms with van der Waals surface area (Å²) >= 11 is 0. The number of carboxylic acid groups (broad SMARTS) is 3. The number of carbonyl (C=O) groups is 4. The number of aromatic nitrogens is 1. The molecule has 2 rings (SSSR count). The molecule has 12 nitrogen and oxygen atoms in total. The fourth-order valence-corrected chi connectivity index (χ4v) is 6.46. The van der Waals surface area contributed by atoms with Crippen LogP contribution in [0.2, 0.25) is 0 Å². The first kappa shape index (κ1) is 42.1. The molecule has 0 saturated carbocycles. The van der Waals surface area contributed by atoms with E-state index in [9.17, 15) is 34.5 Å². The molecule has 1 aromatic heterocycles. The van der Waals surface area contributed by atoms with Gasteiger partial charge in [-0.15, -0.1) is 0 Å². The normalized spacial score (nSPS) is 15.6. The van der Waals surface area contributed by atoms with Crippen molar-refractivity contribution in [3.63, 3.8) is 0 Å². The van der Waals surface area contributed by atoms with Crippen LogP contribution in [0.5, 0.6) is 0 Å². The van der Waals surface area contributed by atoms with E-state index in [1.807, 2.05) is 6.07 Å². The van der Waals surface area contributed by atoms with Crippen LogP contribution in [-0.2, 0) is 32.3 Å². The van der Waals surface area contributed by atoms with Crippen LogP contribution in [0.1, 0.15) is 127 Å². The van der Waals surface area contributed by atoms with E-state index in [0.717, 1.165) is 19.3 Å². The predicted octanol–water partition coefficient (Wildman–Crippen LogP) is 5.39. The van der Waals surface area contributed by atoms with E-state index >= 15 is 0 Å². The summed E-state index contributed by atoms with van der Waals surface area (Å²) in [4.78, 5) is 58.1. The molecule has 1 aromatic rings. The summed E-state index contributed by atoms with van der Waals surface area (Å²) in [7, 11) is 0. The Morgan fingerprint density at radius 3 is 1.51 bits per heavy atom. The van der Waals surface area contributed by atoms with Crippen molar-refractivity contribution >= 4 is 23.8 Å². The number of carboxylic acids is 3. The molecule has 0 spiro atoms. The topological polar surface area (TPSA) is 164 Å². The summed E-state index contributed by atoms with van der Waals surface area (Å²) in [5, 5.41) is 32.0. The van der Waals surface area contributed by atoms with Gasteiger partial charge in [-0.25, -0.2) is 0 Å². The first-order valence-corrected chi connectivity index (χ1v) is 18.7. The maximum atomic E-state index is 12.9. The van der Waals surface area contributed by atoms with Gasteiger partial charge in [0, 0.05) is 45.8 Å². The van der Waals surface area contributed by atoms with E-state index in [-0.39, 0.29) is 64.7 Å². The zero-order valence-electron chi connectivity index (χ0n) is 30.0. The highest BCUT2D eigenvalue weighted by atomic mass is 16.4. The average Bonchev–Trinajstić information content (AvgIpc) is 3.04. The minimum atomic E-state index is -1.15. The van der Waals surface area contributed by atoms with Gasteiger partial charge >= 0.3 is 17.9 Å². The van der Waals surface area contributed by atoms with Crippen LogP contribution >= 0.6 is 0 Å². The molecule has 12 heteroatoms. The summed E-state index contributed by atoms with van der Waals surface area (Å²) in [6, 6.07) is 4.25. The molecule has 2 bridgehead atoms. The average molecular weight is 690 g/mol. The van der Waals surface area contributed by atoms with Crippen molar-refractivity contribution in [1.29, 1.82) is 0 Å². The van der Waals surface area contributed by atoms with Crippen LogP contribution in [0.15, 0.2) is 18.2 Å². The molecule has 0 fully saturated rings. The highest BCUT2D eigenvalue weighted by molar-refractivity contribution is 5.84. The number of nitrogens with zero attached hydrogens (tertiary/aromatic N) is 4. The van der Waals surface area contributed by atoms with Crippen molar-refractivity contribution in [1.82, 2.24) is 25.0 Å². The van der Waals surface area contributed by atoms with E-state index in [0.29, 0.717) is 17.9 Å². The third-order valence-corrected chi connectivity index (χ3v) is 9.22. The molecule has 1 aliphatic rings. The van der Waals surface area contributed by atoms with Gasteiger partial charge in [-0.05, 0) is 18.6 Å². The molecular formula is C37H63N5O7. The Labute approximate surface area is 293 Å². The Bertz CT molecular complexity index is 1060. The molecule has 278 valence electrons. The number of hydrogen-bond acceptors (Lipinski definition) is 8. The zero-order valence-corrected chi connectivity index (χ0v) is 30.0. The highest BCUT2D eigenvalue weighted by Gasteiger charge is 2.29. The van der Waals surface area contributed by atoms with Crippen LogP contribution in [0.25, 0.3) is 0 Å². The van der Waals surface area contributed by atoms with Gasteiger partial charge in [-0.1, -0.05) is 109 Å². The summed E-state index contributed by atoms with van der Waals surface area (Å²) in [5.41, 5.74) is 1.29. The van der Waals surface area contributed by atoms with E-state index in [2.05, 4.69) is 17.2 Å². The summed E-state index contributed by atoms with van der Waals surface area (Å²) < 4.78 is 0. The lowest BCUT2D eigenvalue weighted by Gasteiger charge is -2.33.